The van der Waals surface area contributed by atoms with Gasteiger partial charge in [0.2, 0.25) is 0 Å². The second-order valence-electron chi connectivity index (χ2n) is 6.77. The molecule has 2 fully saturated rings. The van der Waals surface area contributed by atoms with E-state index in [4.69, 9.17) is 4.52 Å². The zero-order valence-corrected chi connectivity index (χ0v) is 13.3. The summed E-state index contributed by atoms with van der Waals surface area (Å²) in [6, 6.07) is 3.22. The molecule has 2 aliphatic rings. The van der Waals surface area contributed by atoms with E-state index in [0.29, 0.717) is 19.2 Å². The van der Waals surface area contributed by atoms with Crippen molar-refractivity contribution in [2.75, 3.05) is 13.1 Å². The number of nitrogens with zero attached hydrogens (tertiary/aromatic N) is 1. The predicted octanol–water partition coefficient (Wildman–Crippen LogP) is 4.60. The highest BCUT2D eigenvalue weighted by Crippen LogP contribution is 2.74. The van der Waals surface area contributed by atoms with Gasteiger partial charge in [-0.2, -0.15) is 13.2 Å². The summed E-state index contributed by atoms with van der Waals surface area (Å²) >= 11 is 0. The van der Waals surface area contributed by atoms with E-state index in [2.05, 4.69) is 10.5 Å². The molecule has 1 spiro atoms. The molecular weight excluding hydrogens is 362 g/mol. The molecule has 0 radical (unpaired) electrons. The number of rotatable bonds is 2. The Bertz CT molecular complexity index is 838. The SMILES string of the molecule is Fc1ccc(-c2cc(C3C(F)(F)C34CCNCC4)no2)c(C(F)(F)F)c1. The van der Waals surface area contributed by atoms with Crippen LogP contribution in [0.3, 0.4) is 0 Å². The average Bonchev–Trinajstić information content (AvgIpc) is 2.90. The van der Waals surface area contributed by atoms with Crippen LogP contribution in [0, 0.1) is 11.2 Å². The van der Waals surface area contributed by atoms with E-state index in [1.165, 1.54) is 0 Å². The summed E-state index contributed by atoms with van der Waals surface area (Å²) in [6.07, 6.45) is -4.29. The fraction of sp³-hybridized carbons (Fsp3) is 0.471. The summed E-state index contributed by atoms with van der Waals surface area (Å²) in [7, 11) is 0. The van der Waals surface area contributed by atoms with Crippen molar-refractivity contribution in [2.24, 2.45) is 5.41 Å². The molecule has 4 rings (SSSR count). The molecule has 2 heterocycles. The lowest BCUT2D eigenvalue weighted by Crippen LogP contribution is -2.32. The summed E-state index contributed by atoms with van der Waals surface area (Å²) in [6.45, 7) is 0.903. The first-order chi connectivity index (χ1) is 12.2. The highest BCUT2D eigenvalue weighted by molar-refractivity contribution is 5.63. The maximum atomic E-state index is 14.4. The van der Waals surface area contributed by atoms with E-state index in [-0.39, 0.29) is 24.3 Å². The van der Waals surface area contributed by atoms with Crippen molar-refractivity contribution in [3.05, 3.63) is 41.3 Å². The molecule has 1 aliphatic carbocycles. The van der Waals surface area contributed by atoms with E-state index >= 15 is 0 Å². The molecule has 1 saturated heterocycles. The van der Waals surface area contributed by atoms with Crippen molar-refractivity contribution in [1.29, 1.82) is 0 Å². The zero-order valence-electron chi connectivity index (χ0n) is 13.3. The van der Waals surface area contributed by atoms with Gasteiger partial charge in [0.25, 0.3) is 5.92 Å². The molecule has 3 nitrogen and oxygen atoms in total. The minimum Gasteiger partial charge on any atom is -0.356 e. The third kappa shape index (κ3) is 2.44. The van der Waals surface area contributed by atoms with Crippen molar-refractivity contribution in [3.63, 3.8) is 0 Å². The van der Waals surface area contributed by atoms with E-state index < -0.39 is 40.4 Å². The van der Waals surface area contributed by atoms with Crippen molar-refractivity contribution in [1.82, 2.24) is 10.5 Å². The van der Waals surface area contributed by atoms with E-state index in [0.717, 1.165) is 18.2 Å². The molecule has 0 amide bonds. The molecule has 1 aliphatic heterocycles. The summed E-state index contributed by atoms with van der Waals surface area (Å²) in [5, 5.41) is 6.62. The molecule has 1 aromatic carbocycles. The van der Waals surface area contributed by atoms with Crippen LogP contribution in [0.2, 0.25) is 0 Å². The van der Waals surface area contributed by atoms with Gasteiger partial charge in [-0.15, -0.1) is 0 Å². The standard InChI is InChI=1S/C17H14F6N2O/c18-9-1-2-10(11(7-9)17(21,22)23)13-8-12(25-26-13)14-15(16(14,19)20)3-5-24-6-4-15/h1-2,7-8,14,24H,3-6H2. The minimum absolute atomic E-state index is 0.0654. The summed E-state index contributed by atoms with van der Waals surface area (Å²) in [4.78, 5) is 0. The minimum atomic E-state index is -4.82. The molecule has 1 saturated carbocycles. The summed E-state index contributed by atoms with van der Waals surface area (Å²) in [5.41, 5.74) is -2.95. The van der Waals surface area contributed by atoms with Crippen LogP contribution in [0.4, 0.5) is 26.3 Å². The molecule has 2 aromatic rings. The molecular formula is C17H14F6N2O. The second kappa shape index (κ2) is 5.48. The van der Waals surface area contributed by atoms with Crippen LogP contribution in [-0.2, 0) is 6.18 Å². The van der Waals surface area contributed by atoms with Gasteiger partial charge in [-0.05, 0) is 44.1 Å². The second-order valence-corrected chi connectivity index (χ2v) is 6.77. The van der Waals surface area contributed by atoms with Crippen LogP contribution in [0.5, 0.6) is 0 Å². The monoisotopic (exact) mass is 376 g/mol. The smallest absolute Gasteiger partial charge is 0.356 e. The Morgan fingerprint density at radius 1 is 1.12 bits per heavy atom. The quantitative estimate of drug-likeness (QED) is 0.779. The van der Waals surface area contributed by atoms with Crippen LogP contribution in [0.1, 0.15) is 30.0 Å². The average molecular weight is 376 g/mol. The molecule has 1 unspecified atom stereocenters. The Morgan fingerprint density at radius 2 is 1.81 bits per heavy atom. The number of alkyl halides is 5. The zero-order chi connectivity index (χ0) is 18.7. The van der Waals surface area contributed by atoms with Crippen LogP contribution in [0.25, 0.3) is 11.3 Å². The van der Waals surface area contributed by atoms with Crippen molar-refractivity contribution in [3.8, 4) is 11.3 Å². The number of nitrogens with one attached hydrogen (secondary N) is 1. The third-order valence-electron chi connectivity index (χ3n) is 5.37. The van der Waals surface area contributed by atoms with Gasteiger partial charge < -0.3 is 9.84 Å². The largest absolute Gasteiger partial charge is 0.417 e. The molecule has 26 heavy (non-hydrogen) atoms. The highest BCUT2D eigenvalue weighted by atomic mass is 19.4. The van der Waals surface area contributed by atoms with E-state index in [1.807, 2.05) is 0 Å². The number of halogens is 6. The lowest BCUT2D eigenvalue weighted by Gasteiger charge is -2.22. The Balaban J connectivity index is 1.70. The van der Waals surface area contributed by atoms with Gasteiger partial charge in [0.1, 0.15) is 5.82 Å². The van der Waals surface area contributed by atoms with Crippen molar-refractivity contribution >= 4 is 0 Å². The molecule has 9 heteroatoms. The van der Waals surface area contributed by atoms with Gasteiger partial charge in [-0.25, -0.2) is 13.2 Å². The molecule has 1 atom stereocenters. The first-order valence-electron chi connectivity index (χ1n) is 8.09. The molecule has 1 N–H and O–H groups in total. The molecule has 140 valence electrons. The van der Waals surface area contributed by atoms with Gasteiger partial charge in [0.05, 0.1) is 22.6 Å². The number of aromatic nitrogens is 1. The number of hydrogen-bond donors (Lipinski definition) is 1. The van der Waals surface area contributed by atoms with E-state index in [9.17, 15) is 26.3 Å². The van der Waals surface area contributed by atoms with Crippen LogP contribution in [-0.4, -0.2) is 24.2 Å². The molecule has 0 bridgehead atoms. The van der Waals surface area contributed by atoms with Crippen LogP contribution < -0.4 is 5.32 Å². The lowest BCUT2D eigenvalue weighted by atomic mass is 9.90. The van der Waals surface area contributed by atoms with Crippen molar-refractivity contribution < 1.29 is 30.9 Å². The first-order valence-corrected chi connectivity index (χ1v) is 8.09. The van der Waals surface area contributed by atoms with Gasteiger partial charge in [0.15, 0.2) is 5.76 Å². The summed E-state index contributed by atoms with van der Waals surface area (Å²) < 4.78 is 86.4. The number of piperidine rings is 1. The number of benzene rings is 1. The Morgan fingerprint density at radius 3 is 2.46 bits per heavy atom. The van der Waals surface area contributed by atoms with Gasteiger partial charge in [-0.3, -0.25) is 0 Å². The van der Waals surface area contributed by atoms with E-state index in [1.54, 1.807) is 0 Å². The molecule has 1 aromatic heterocycles. The lowest BCUT2D eigenvalue weighted by molar-refractivity contribution is -0.137. The Labute approximate surface area is 144 Å². The normalized spacial score (nSPS) is 24.0. The topological polar surface area (TPSA) is 38.1 Å². The Kier molecular flexibility index (Phi) is 3.67. The third-order valence-corrected chi connectivity index (χ3v) is 5.37. The van der Waals surface area contributed by atoms with Gasteiger partial charge >= 0.3 is 6.18 Å². The van der Waals surface area contributed by atoms with Crippen LogP contribution in [0.15, 0.2) is 28.8 Å². The number of hydrogen-bond acceptors (Lipinski definition) is 3. The predicted molar refractivity (Wildman–Crippen MR) is 79.1 cm³/mol. The van der Waals surface area contributed by atoms with Crippen LogP contribution >= 0.6 is 0 Å². The summed E-state index contributed by atoms with van der Waals surface area (Å²) in [5.74, 6) is -5.51. The van der Waals surface area contributed by atoms with Crippen molar-refractivity contribution in [2.45, 2.75) is 30.9 Å². The Hall–Kier alpha value is -2.03. The maximum absolute atomic E-state index is 14.4. The maximum Gasteiger partial charge on any atom is 0.417 e. The first kappa shape index (κ1) is 17.4. The van der Waals surface area contributed by atoms with Gasteiger partial charge in [-0.1, -0.05) is 5.16 Å². The highest BCUT2D eigenvalue weighted by Gasteiger charge is 2.81. The fourth-order valence-corrected chi connectivity index (χ4v) is 3.99. The van der Waals surface area contributed by atoms with Gasteiger partial charge in [0, 0.05) is 11.6 Å². The fourth-order valence-electron chi connectivity index (χ4n) is 3.99.